The topological polar surface area (TPSA) is 49.4 Å². The molecule has 2 aromatic rings. The first-order valence-corrected chi connectivity index (χ1v) is 7.76. The lowest BCUT2D eigenvalue weighted by molar-refractivity contribution is -0.127. The van der Waals surface area contributed by atoms with Gasteiger partial charge in [-0.3, -0.25) is 9.59 Å². The molecule has 1 aliphatic rings. The molecule has 4 nitrogen and oxygen atoms in total. The van der Waals surface area contributed by atoms with Crippen molar-refractivity contribution in [1.29, 1.82) is 0 Å². The van der Waals surface area contributed by atoms with Crippen LogP contribution in [0.5, 0.6) is 0 Å². The quantitative estimate of drug-likeness (QED) is 0.941. The number of hydrogen-bond donors (Lipinski definition) is 1. The number of fused-ring (bicyclic) bond motifs is 1. The van der Waals surface area contributed by atoms with E-state index in [9.17, 15) is 9.59 Å². The van der Waals surface area contributed by atoms with Crippen LogP contribution in [0, 0.1) is 0 Å². The number of benzene rings is 2. The highest BCUT2D eigenvalue weighted by atomic mass is 35.5. The lowest BCUT2D eigenvalue weighted by Gasteiger charge is -2.22. The summed E-state index contributed by atoms with van der Waals surface area (Å²) < 4.78 is 0. The third-order valence-corrected chi connectivity index (χ3v) is 4.57. The van der Waals surface area contributed by atoms with Crippen molar-refractivity contribution in [1.82, 2.24) is 5.32 Å². The van der Waals surface area contributed by atoms with Crippen LogP contribution in [0.15, 0.2) is 48.5 Å². The fraction of sp³-hybridized carbons (Fsp3) is 0.222. The molecule has 0 saturated carbocycles. The Balaban J connectivity index is 2.12. The van der Waals surface area contributed by atoms with Gasteiger partial charge in [0.25, 0.3) is 0 Å². The largest absolute Gasteiger partial charge is 0.359 e. The molecule has 0 radical (unpaired) electrons. The fourth-order valence-electron chi connectivity index (χ4n) is 3.16. The maximum atomic E-state index is 12.8. The molecule has 1 N–H and O–H groups in total. The number of halogens is 1. The van der Waals surface area contributed by atoms with Crippen LogP contribution < -0.4 is 10.2 Å². The SMILES string of the molecule is CNC(=O)C(c1ccc(Cl)cc1)C1C(=O)N(C)c2ccccc21. The molecule has 3 rings (SSSR count). The highest BCUT2D eigenvalue weighted by Crippen LogP contribution is 2.44. The molecule has 5 heteroatoms. The molecule has 2 aromatic carbocycles. The van der Waals surface area contributed by atoms with E-state index in [1.807, 2.05) is 24.3 Å². The second-order valence-electron chi connectivity index (χ2n) is 5.58. The van der Waals surface area contributed by atoms with Gasteiger partial charge in [-0.25, -0.2) is 0 Å². The average molecular weight is 329 g/mol. The molecule has 0 fully saturated rings. The number of hydrogen-bond acceptors (Lipinski definition) is 2. The van der Waals surface area contributed by atoms with Gasteiger partial charge in [0.15, 0.2) is 0 Å². The Labute approximate surface area is 140 Å². The molecule has 118 valence electrons. The van der Waals surface area contributed by atoms with Gasteiger partial charge < -0.3 is 10.2 Å². The van der Waals surface area contributed by atoms with Gasteiger partial charge in [0, 0.05) is 24.8 Å². The molecule has 1 aliphatic heterocycles. The highest BCUT2D eigenvalue weighted by Gasteiger charge is 2.43. The van der Waals surface area contributed by atoms with Crippen LogP contribution in [-0.2, 0) is 9.59 Å². The molecule has 2 atom stereocenters. The summed E-state index contributed by atoms with van der Waals surface area (Å²) in [6.45, 7) is 0. The van der Waals surface area contributed by atoms with Crippen molar-refractivity contribution < 1.29 is 9.59 Å². The summed E-state index contributed by atoms with van der Waals surface area (Å²) in [5.74, 6) is -1.38. The highest BCUT2D eigenvalue weighted by molar-refractivity contribution is 6.30. The van der Waals surface area contributed by atoms with Crippen LogP contribution in [0.4, 0.5) is 5.69 Å². The van der Waals surface area contributed by atoms with E-state index in [-0.39, 0.29) is 11.8 Å². The Morgan fingerprint density at radius 1 is 1.17 bits per heavy atom. The molecule has 0 saturated heterocycles. The van der Waals surface area contributed by atoms with E-state index in [2.05, 4.69) is 5.32 Å². The minimum atomic E-state index is -0.587. The Morgan fingerprint density at radius 3 is 2.48 bits per heavy atom. The van der Waals surface area contributed by atoms with Crippen LogP contribution in [0.25, 0.3) is 0 Å². The number of para-hydroxylation sites is 1. The Morgan fingerprint density at radius 2 is 1.83 bits per heavy atom. The zero-order valence-corrected chi connectivity index (χ0v) is 13.7. The lowest BCUT2D eigenvalue weighted by atomic mass is 9.81. The van der Waals surface area contributed by atoms with Gasteiger partial charge in [-0.2, -0.15) is 0 Å². The van der Waals surface area contributed by atoms with Crippen molar-refractivity contribution in [2.75, 3.05) is 19.0 Å². The monoisotopic (exact) mass is 328 g/mol. The van der Waals surface area contributed by atoms with E-state index in [0.717, 1.165) is 16.8 Å². The van der Waals surface area contributed by atoms with Gasteiger partial charge in [0.1, 0.15) is 0 Å². The number of likely N-dealkylation sites (N-methyl/N-ethyl adjacent to an activating group) is 2. The molecule has 2 amide bonds. The maximum Gasteiger partial charge on any atom is 0.235 e. The standard InChI is InChI=1S/C18H17ClN2O2/c1-20-17(22)15(11-7-9-12(19)10-8-11)16-13-5-3-4-6-14(13)21(2)18(16)23/h3-10,15-16H,1-2H3,(H,20,22). The Bertz CT molecular complexity index is 758. The normalized spacial score (nSPS) is 17.8. The first-order valence-electron chi connectivity index (χ1n) is 7.38. The van der Waals surface area contributed by atoms with Gasteiger partial charge in [-0.15, -0.1) is 0 Å². The summed E-state index contributed by atoms with van der Waals surface area (Å²) in [5, 5.41) is 3.28. The zero-order valence-electron chi connectivity index (χ0n) is 12.9. The summed E-state index contributed by atoms with van der Waals surface area (Å²) in [7, 11) is 3.32. The van der Waals surface area contributed by atoms with E-state index in [1.54, 1.807) is 43.3 Å². The Kier molecular flexibility index (Phi) is 4.09. The molecule has 2 unspecified atom stereocenters. The smallest absolute Gasteiger partial charge is 0.235 e. The first kappa shape index (κ1) is 15.6. The van der Waals surface area contributed by atoms with Crippen LogP contribution in [0.3, 0.4) is 0 Å². The molecule has 23 heavy (non-hydrogen) atoms. The number of nitrogens with zero attached hydrogens (tertiary/aromatic N) is 1. The zero-order chi connectivity index (χ0) is 16.6. The molecule has 0 aromatic heterocycles. The third kappa shape index (κ3) is 2.59. The van der Waals surface area contributed by atoms with Crippen molar-refractivity contribution in [2.24, 2.45) is 0 Å². The van der Waals surface area contributed by atoms with E-state index < -0.39 is 11.8 Å². The molecule has 0 aliphatic carbocycles. The summed E-state index contributed by atoms with van der Waals surface area (Å²) in [6, 6.07) is 14.7. The van der Waals surface area contributed by atoms with Gasteiger partial charge >= 0.3 is 0 Å². The van der Waals surface area contributed by atoms with Crippen LogP contribution >= 0.6 is 11.6 Å². The van der Waals surface area contributed by atoms with E-state index >= 15 is 0 Å². The van der Waals surface area contributed by atoms with Gasteiger partial charge in [0.2, 0.25) is 11.8 Å². The van der Waals surface area contributed by atoms with Gasteiger partial charge in [0.05, 0.1) is 11.8 Å². The molecular formula is C18H17ClN2O2. The maximum absolute atomic E-state index is 12.8. The number of amides is 2. The van der Waals surface area contributed by atoms with E-state index in [4.69, 9.17) is 11.6 Å². The fourth-order valence-corrected chi connectivity index (χ4v) is 3.29. The minimum absolute atomic E-state index is 0.0743. The van der Waals surface area contributed by atoms with Gasteiger partial charge in [-0.1, -0.05) is 41.9 Å². The summed E-state index contributed by atoms with van der Waals surface area (Å²) in [5.41, 5.74) is 2.51. The Hall–Kier alpha value is -2.33. The van der Waals surface area contributed by atoms with Gasteiger partial charge in [-0.05, 0) is 29.3 Å². The number of carbonyl (C=O) groups excluding carboxylic acids is 2. The minimum Gasteiger partial charge on any atom is -0.359 e. The second kappa shape index (κ2) is 6.05. The summed E-state index contributed by atoms with van der Waals surface area (Å²) in [4.78, 5) is 26.9. The summed E-state index contributed by atoms with van der Waals surface area (Å²) in [6.07, 6.45) is 0. The van der Waals surface area contributed by atoms with Crippen molar-refractivity contribution in [3.8, 4) is 0 Å². The van der Waals surface area contributed by atoms with Crippen molar-refractivity contribution in [3.63, 3.8) is 0 Å². The second-order valence-corrected chi connectivity index (χ2v) is 6.01. The first-order chi connectivity index (χ1) is 11.0. The third-order valence-electron chi connectivity index (χ3n) is 4.32. The molecule has 1 heterocycles. The lowest BCUT2D eigenvalue weighted by Crippen LogP contribution is -2.35. The average Bonchev–Trinajstić information content (AvgIpc) is 2.82. The predicted octanol–water partition coefficient (Wildman–Crippen LogP) is 2.93. The molecule has 0 bridgehead atoms. The van der Waals surface area contributed by atoms with Crippen molar-refractivity contribution in [2.45, 2.75) is 11.8 Å². The number of carbonyl (C=O) groups is 2. The van der Waals surface area contributed by atoms with Crippen LogP contribution in [0.1, 0.15) is 23.0 Å². The van der Waals surface area contributed by atoms with Crippen LogP contribution in [0.2, 0.25) is 5.02 Å². The molecule has 0 spiro atoms. The van der Waals surface area contributed by atoms with Crippen molar-refractivity contribution in [3.05, 3.63) is 64.7 Å². The number of nitrogens with one attached hydrogen (secondary N) is 1. The van der Waals surface area contributed by atoms with Crippen LogP contribution in [-0.4, -0.2) is 25.9 Å². The van der Waals surface area contributed by atoms with E-state index in [1.165, 1.54) is 0 Å². The van der Waals surface area contributed by atoms with E-state index in [0.29, 0.717) is 5.02 Å². The van der Waals surface area contributed by atoms with Crippen molar-refractivity contribution >= 4 is 29.1 Å². The summed E-state index contributed by atoms with van der Waals surface area (Å²) >= 11 is 5.95. The predicted molar refractivity (Wildman–Crippen MR) is 90.9 cm³/mol. The number of anilines is 1. The molecular weight excluding hydrogens is 312 g/mol. The number of rotatable bonds is 3.